The summed E-state index contributed by atoms with van der Waals surface area (Å²) in [4.78, 5) is 29.5. The molecule has 2 aromatic heterocycles. The number of ether oxygens (including phenoxy) is 2. The first-order valence-corrected chi connectivity index (χ1v) is 12.8. The zero-order valence-corrected chi connectivity index (χ0v) is 21.5. The third-order valence-corrected chi connectivity index (χ3v) is 8.04. The molecule has 1 N–H and O–H groups in total. The molecule has 36 heavy (non-hydrogen) atoms. The lowest BCUT2D eigenvalue weighted by atomic mass is 9.85. The molecule has 1 saturated carbocycles. The fourth-order valence-electron chi connectivity index (χ4n) is 5.75. The van der Waals surface area contributed by atoms with Gasteiger partial charge in [-0.1, -0.05) is 25.8 Å². The Balaban J connectivity index is 1.46. The summed E-state index contributed by atoms with van der Waals surface area (Å²) in [6.07, 6.45) is 6.60. The summed E-state index contributed by atoms with van der Waals surface area (Å²) >= 11 is 0. The quantitative estimate of drug-likeness (QED) is 0.527. The van der Waals surface area contributed by atoms with Crippen LogP contribution in [0.5, 0.6) is 11.5 Å². The molecule has 1 aromatic carbocycles. The number of rotatable bonds is 7. The van der Waals surface area contributed by atoms with Gasteiger partial charge >= 0.3 is 0 Å². The summed E-state index contributed by atoms with van der Waals surface area (Å²) in [5.74, 6) is 1.46. The van der Waals surface area contributed by atoms with E-state index in [0.717, 1.165) is 30.3 Å². The third-order valence-electron chi connectivity index (χ3n) is 8.04. The number of aromatic nitrogens is 1. The SMILES string of the molecule is COc1ccc(CCN2C(=O)c3cc4occc4n3C[C@]2(C)C(=O)N[C@@H]2CCCC[C@@H]2C)cc1OC. The predicted molar refractivity (Wildman–Crippen MR) is 136 cm³/mol. The lowest BCUT2D eigenvalue weighted by Gasteiger charge is -2.45. The van der Waals surface area contributed by atoms with E-state index in [9.17, 15) is 9.59 Å². The number of benzene rings is 1. The molecule has 3 heterocycles. The summed E-state index contributed by atoms with van der Waals surface area (Å²) in [7, 11) is 3.21. The van der Waals surface area contributed by atoms with Crippen molar-refractivity contribution in [3.8, 4) is 11.5 Å². The molecule has 8 heteroatoms. The molecule has 0 saturated heterocycles. The molecule has 2 amide bonds. The number of furan rings is 1. The number of amides is 2. The average Bonchev–Trinajstić information content (AvgIpc) is 3.47. The summed E-state index contributed by atoms with van der Waals surface area (Å²) < 4.78 is 18.3. The molecule has 1 aliphatic carbocycles. The van der Waals surface area contributed by atoms with E-state index < -0.39 is 5.54 Å². The highest BCUT2D eigenvalue weighted by atomic mass is 16.5. The van der Waals surface area contributed by atoms with Gasteiger partial charge in [-0.15, -0.1) is 0 Å². The first-order chi connectivity index (χ1) is 17.4. The Morgan fingerprint density at radius 2 is 1.92 bits per heavy atom. The maximum absolute atomic E-state index is 13.9. The van der Waals surface area contributed by atoms with E-state index in [1.165, 1.54) is 6.42 Å². The fourth-order valence-corrected chi connectivity index (χ4v) is 5.75. The fraction of sp³-hybridized carbons (Fsp3) is 0.500. The van der Waals surface area contributed by atoms with Gasteiger partial charge in [-0.2, -0.15) is 0 Å². The van der Waals surface area contributed by atoms with Crippen LogP contribution in [0.25, 0.3) is 11.1 Å². The molecule has 192 valence electrons. The highest BCUT2D eigenvalue weighted by Crippen LogP contribution is 2.34. The predicted octanol–water partition coefficient (Wildman–Crippen LogP) is 4.40. The normalized spacial score (nSPS) is 24.0. The van der Waals surface area contributed by atoms with E-state index in [2.05, 4.69) is 12.2 Å². The molecule has 0 unspecified atom stereocenters. The van der Waals surface area contributed by atoms with Crippen LogP contribution in [0.3, 0.4) is 0 Å². The minimum absolute atomic E-state index is 0.0992. The second kappa shape index (κ2) is 9.56. The number of methoxy groups -OCH3 is 2. The van der Waals surface area contributed by atoms with Gasteiger partial charge in [-0.3, -0.25) is 9.59 Å². The van der Waals surface area contributed by atoms with Gasteiger partial charge in [-0.25, -0.2) is 0 Å². The second-order valence-corrected chi connectivity index (χ2v) is 10.3. The minimum atomic E-state index is -1.04. The standard InChI is InChI=1S/C28H35N3O5/c1-18-7-5-6-8-20(18)29-27(33)28(2)17-30-21-12-14-36-24(21)16-22(30)26(32)31(28)13-11-19-9-10-23(34-3)25(15-19)35-4/h9-10,12,14-16,18,20H,5-8,11,13,17H2,1-4H3,(H,29,33)/t18-,20+,28+/m0/s1. The highest BCUT2D eigenvalue weighted by Gasteiger charge is 2.48. The molecule has 0 spiro atoms. The Morgan fingerprint density at radius 3 is 2.67 bits per heavy atom. The van der Waals surface area contributed by atoms with Gasteiger partial charge < -0.3 is 28.7 Å². The topological polar surface area (TPSA) is 85.9 Å². The van der Waals surface area contributed by atoms with Crippen molar-refractivity contribution in [3.05, 3.63) is 47.9 Å². The number of fused-ring (bicyclic) bond motifs is 3. The van der Waals surface area contributed by atoms with Crippen molar-refractivity contribution in [3.63, 3.8) is 0 Å². The van der Waals surface area contributed by atoms with Gasteiger partial charge in [0.2, 0.25) is 5.91 Å². The smallest absolute Gasteiger partial charge is 0.271 e. The molecule has 2 aliphatic rings. The summed E-state index contributed by atoms with van der Waals surface area (Å²) in [6.45, 7) is 4.85. The summed E-state index contributed by atoms with van der Waals surface area (Å²) in [5.41, 5.74) is 2.00. The maximum atomic E-state index is 13.9. The van der Waals surface area contributed by atoms with Crippen molar-refractivity contribution in [2.24, 2.45) is 5.92 Å². The molecule has 3 atom stereocenters. The van der Waals surface area contributed by atoms with Crippen molar-refractivity contribution < 1.29 is 23.5 Å². The lowest BCUT2D eigenvalue weighted by Crippen LogP contribution is -2.65. The van der Waals surface area contributed by atoms with Crippen LogP contribution < -0.4 is 14.8 Å². The van der Waals surface area contributed by atoms with Crippen LogP contribution in [0.4, 0.5) is 0 Å². The van der Waals surface area contributed by atoms with E-state index >= 15 is 0 Å². The monoisotopic (exact) mass is 493 g/mol. The first kappa shape index (κ1) is 24.3. The van der Waals surface area contributed by atoms with Crippen molar-refractivity contribution in [2.45, 2.75) is 64.1 Å². The van der Waals surface area contributed by atoms with Crippen LogP contribution in [0, 0.1) is 5.92 Å². The van der Waals surface area contributed by atoms with Crippen LogP contribution in [0.2, 0.25) is 0 Å². The molecular formula is C28H35N3O5. The Hall–Kier alpha value is -3.42. The van der Waals surface area contributed by atoms with Gasteiger partial charge in [-0.05, 0) is 49.8 Å². The molecule has 0 bridgehead atoms. The van der Waals surface area contributed by atoms with Crippen molar-refractivity contribution in [1.29, 1.82) is 0 Å². The van der Waals surface area contributed by atoms with Crippen LogP contribution in [0.1, 0.15) is 55.6 Å². The van der Waals surface area contributed by atoms with Crippen LogP contribution in [-0.4, -0.2) is 53.6 Å². The molecule has 8 nitrogen and oxygen atoms in total. The number of carbonyl (C=O) groups is 2. The molecule has 1 fully saturated rings. The van der Waals surface area contributed by atoms with Crippen molar-refractivity contribution >= 4 is 22.9 Å². The highest BCUT2D eigenvalue weighted by molar-refractivity contribution is 6.03. The minimum Gasteiger partial charge on any atom is -0.493 e. The largest absolute Gasteiger partial charge is 0.493 e. The maximum Gasteiger partial charge on any atom is 0.271 e. The van der Waals surface area contributed by atoms with Gasteiger partial charge in [0.15, 0.2) is 17.1 Å². The summed E-state index contributed by atoms with van der Waals surface area (Å²) in [6, 6.07) is 9.51. The molecule has 5 rings (SSSR count). The number of hydrogen-bond donors (Lipinski definition) is 1. The molecule has 3 aromatic rings. The first-order valence-electron chi connectivity index (χ1n) is 12.8. The Bertz CT molecular complexity index is 1280. The van der Waals surface area contributed by atoms with Gasteiger partial charge in [0.25, 0.3) is 5.91 Å². The molecule has 0 radical (unpaired) electrons. The zero-order valence-electron chi connectivity index (χ0n) is 21.5. The van der Waals surface area contributed by atoms with Crippen LogP contribution >= 0.6 is 0 Å². The lowest BCUT2D eigenvalue weighted by molar-refractivity contribution is -0.134. The van der Waals surface area contributed by atoms with Crippen molar-refractivity contribution in [2.75, 3.05) is 20.8 Å². The Kier molecular flexibility index (Phi) is 6.45. The number of carbonyl (C=O) groups excluding carboxylic acids is 2. The number of hydrogen-bond acceptors (Lipinski definition) is 5. The van der Waals surface area contributed by atoms with Crippen LogP contribution in [0.15, 0.2) is 41.0 Å². The number of nitrogens with one attached hydrogen (secondary N) is 1. The second-order valence-electron chi connectivity index (χ2n) is 10.3. The molecule has 1 aliphatic heterocycles. The Labute approximate surface area is 211 Å². The summed E-state index contributed by atoms with van der Waals surface area (Å²) in [5, 5.41) is 3.32. The van der Waals surface area contributed by atoms with E-state index in [4.69, 9.17) is 13.9 Å². The van der Waals surface area contributed by atoms with E-state index in [-0.39, 0.29) is 17.9 Å². The number of nitrogens with zero attached hydrogens (tertiary/aromatic N) is 2. The molecular weight excluding hydrogens is 458 g/mol. The van der Waals surface area contributed by atoms with Crippen LogP contribution in [-0.2, 0) is 17.8 Å². The van der Waals surface area contributed by atoms with Crippen molar-refractivity contribution in [1.82, 2.24) is 14.8 Å². The van der Waals surface area contributed by atoms with E-state index in [0.29, 0.717) is 48.2 Å². The third kappa shape index (κ3) is 4.12. The van der Waals surface area contributed by atoms with Gasteiger partial charge in [0.1, 0.15) is 11.2 Å². The van der Waals surface area contributed by atoms with Gasteiger partial charge in [0, 0.05) is 24.7 Å². The van der Waals surface area contributed by atoms with E-state index in [1.807, 2.05) is 35.8 Å². The average molecular weight is 494 g/mol. The zero-order chi connectivity index (χ0) is 25.4. The Morgan fingerprint density at radius 1 is 1.14 bits per heavy atom. The van der Waals surface area contributed by atoms with E-state index in [1.54, 1.807) is 31.4 Å². The van der Waals surface area contributed by atoms with Gasteiger partial charge in [0.05, 0.1) is 32.5 Å².